The normalized spacial score (nSPS) is 15.5. The van der Waals surface area contributed by atoms with Crippen molar-refractivity contribution in [2.45, 2.75) is 38.1 Å². The Morgan fingerprint density at radius 1 is 1.24 bits per heavy atom. The molecule has 0 saturated heterocycles. The minimum atomic E-state index is -0.155. The van der Waals surface area contributed by atoms with Crippen LogP contribution in [0.2, 0.25) is 0 Å². The molecule has 8 nitrogen and oxygen atoms in total. The number of amides is 1. The van der Waals surface area contributed by atoms with Crippen LogP contribution >= 0.6 is 23.1 Å². The van der Waals surface area contributed by atoms with Crippen LogP contribution in [0.3, 0.4) is 0 Å². The maximum Gasteiger partial charge on any atom is 0.277 e. The van der Waals surface area contributed by atoms with Crippen LogP contribution in [0.15, 0.2) is 73.3 Å². The topological polar surface area (TPSA) is 94.0 Å². The highest BCUT2D eigenvalue weighted by Gasteiger charge is 2.34. The molecule has 5 rings (SSSR count). The van der Waals surface area contributed by atoms with Crippen molar-refractivity contribution in [3.05, 3.63) is 81.8 Å². The maximum absolute atomic E-state index is 13.1. The Labute approximate surface area is 204 Å². The molecule has 3 aromatic heterocycles. The van der Waals surface area contributed by atoms with Gasteiger partial charge in [-0.15, -0.1) is 21.5 Å². The lowest BCUT2D eigenvalue weighted by Gasteiger charge is -2.20. The van der Waals surface area contributed by atoms with Gasteiger partial charge in [-0.2, -0.15) is 5.10 Å². The highest BCUT2D eigenvalue weighted by Crippen LogP contribution is 2.36. The van der Waals surface area contributed by atoms with Gasteiger partial charge in [-0.1, -0.05) is 30.0 Å². The second-order valence-corrected chi connectivity index (χ2v) is 9.71. The van der Waals surface area contributed by atoms with E-state index in [0.29, 0.717) is 23.3 Å². The SMILES string of the molecule is Cc1ccc(C)c(OCc2nnc(SCC(=O)N3N=C(c4ccco4)CC3c3cccs3)o2)c1. The van der Waals surface area contributed by atoms with Gasteiger partial charge >= 0.3 is 0 Å². The number of hydrogen-bond acceptors (Lipinski definition) is 9. The Balaban J connectivity index is 1.22. The largest absolute Gasteiger partial charge is 0.484 e. The highest BCUT2D eigenvalue weighted by atomic mass is 32.2. The van der Waals surface area contributed by atoms with E-state index in [4.69, 9.17) is 13.6 Å². The van der Waals surface area contributed by atoms with E-state index in [2.05, 4.69) is 15.3 Å². The molecule has 1 aromatic carbocycles. The van der Waals surface area contributed by atoms with E-state index >= 15 is 0 Å². The van der Waals surface area contributed by atoms with Crippen LogP contribution in [0, 0.1) is 13.8 Å². The molecule has 1 aliphatic rings. The van der Waals surface area contributed by atoms with Crippen molar-refractivity contribution in [2.24, 2.45) is 5.10 Å². The second-order valence-electron chi connectivity index (χ2n) is 7.81. The number of thiophene rings is 1. The fourth-order valence-corrected chi connectivity index (χ4v) is 5.03. The molecule has 1 aliphatic heterocycles. The molecule has 34 heavy (non-hydrogen) atoms. The fraction of sp³-hybridized carbons (Fsp3) is 0.250. The molecule has 0 aliphatic carbocycles. The van der Waals surface area contributed by atoms with Crippen LogP contribution in [0.25, 0.3) is 0 Å². The molecule has 4 heterocycles. The molecule has 0 fully saturated rings. The third-order valence-corrected chi connectivity index (χ3v) is 7.08. The van der Waals surface area contributed by atoms with Gasteiger partial charge < -0.3 is 13.6 Å². The molecule has 10 heteroatoms. The minimum absolute atomic E-state index is 0.121. The molecule has 0 bridgehead atoms. The second kappa shape index (κ2) is 9.86. The van der Waals surface area contributed by atoms with Crippen LogP contribution in [0.1, 0.15) is 40.1 Å². The van der Waals surface area contributed by atoms with E-state index < -0.39 is 0 Å². The number of thioether (sulfide) groups is 1. The van der Waals surface area contributed by atoms with Crippen molar-refractivity contribution in [3.8, 4) is 5.75 Å². The summed E-state index contributed by atoms with van der Waals surface area (Å²) in [6.45, 7) is 4.15. The summed E-state index contributed by atoms with van der Waals surface area (Å²) < 4.78 is 17.0. The summed E-state index contributed by atoms with van der Waals surface area (Å²) in [6.07, 6.45) is 2.21. The number of aryl methyl sites for hydroxylation is 2. The lowest BCUT2D eigenvalue weighted by molar-refractivity contribution is -0.130. The summed E-state index contributed by atoms with van der Waals surface area (Å²) in [5.41, 5.74) is 2.90. The third kappa shape index (κ3) is 4.92. The molecule has 4 aromatic rings. The van der Waals surface area contributed by atoms with E-state index in [1.54, 1.807) is 17.6 Å². The van der Waals surface area contributed by atoms with Gasteiger partial charge in [-0.05, 0) is 54.6 Å². The summed E-state index contributed by atoms with van der Waals surface area (Å²) >= 11 is 2.79. The van der Waals surface area contributed by atoms with Crippen LogP contribution in [-0.2, 0) is 11.4 Å². The van der Waals surface area contributed by atoms with Crippen molar-refractivity contribution < 1.29 is 18.4 Å². The molecule has 174 valence electrons. The maximum atomic E-state index is 13.1. The van der Waals surface area contributed by atoms with E-state index in [9.17, 15) is 4.79 Å². The predicted molar refractivity (Wildman–Crippen MR) is 129 cm³/mol. The Morgan fingerprint density at radius 3 is 2.94 bits per heavy atom. The first-order valence-electron chi connectivity index (χ1n) is 10.7. The monoisotopic (exact) mass is 494 g/mol. The van der Waals surface area contributed by atoms with E-state index in [1.807, 2.05) is 61.7 Å². The quantitative estimate of drug-likeness (QED) is 0.303. The van der Waals surface area contributed by atoms with E-state index in [-0.39, 0.29) is 24.3 Å². The van der Waals surface area contributed by atoms with Crippen LogP contribution < -0.4 is 4.74 Å². The number of furan rings is 1. The third-order valence-electron chi connectivity index (χ3n) is 5.31. The Morgan fingerprint density at radius 2 is 2.15 bits per heavy atom. The number of hydrogen-bond donors (Lipinski definition) is 0. The Kier molecular flexibility index (Phi) is 6.50. The number of carbonyl (C=O) groups is 1. The van der Waals surface area contributed by atoms with E-state index in [1.165, 1.54) is 16.8 Å². The average molecular weight is 495 g/mol. The Bertz CT molecular complexity index is 1300. The van der Waals surface area contributed by atoms with Gasteiger partial charge in [0.05, 0.1) is 18.1 Å². The summed E-state index contributed by atoms with van der Waals surface area (Å²) in [7, 11) is 0. The zero-order chi connectivity index (χ0) is 23.5. The van der Waals surface area contributed by atoms with Crippen LogP contribution in [0.5, 0.6) is 5.75 Å². The number of ether oxygens (including phenoxy) is 1. The standard InChI is InChI=1S/C24H22N4O4S2/c1-15-7-8-16(2)20(11-15)31-13-22-25-26-24(32-22)34-14-23(29)28-18(21-6-4-10-33-21)12-17(27-28)19-5-3-9-30-19/h3-11,18H,12-14H2,1-2H3. The van der Waals surface area contributed by atoms with Crippen molar-refractivity contribution in [3.63, 3.8) is 0 Å². The minimum Gasteiger partial charge on any atom is -0.484 e. The van der Waals surface area contributed by atoms with E-state index in [0.717, 1.165) is 27.5 Å². The summed E-state index contributed by atoms with van der Waals surface area (Å²) in [6, 6.07) is 13.5. The zero-order valence-electron chi connectivity index (χ0n) is 18.6. The zero-order valence-corrected chi connectivity index (χ0v) is 20.3. The first-order chi connectivity index (χ1) is 16.6. The summed E-state index contributed by atoms with van der Waals surface area (Å²) in [5.74, 6) is 1.79. The van der Waals surface area contributed by atoms with Gasteiger partial charge in [-0.25, -0.2) is 5.01 Å². The summed E-state index contributed by atoms with van der Waals surface area (Å²) in [5, 5.41) is 16.5. The van der Waals surface area contributed by atoms with Gasteiger partial charge in [0, 0.05) is 11.3 Å². The Hall–Kier alpha value is -3.37. The first kappa shape index (κ1) is 22.4. The number of nitrogens with zero attached hydrogens (tertiary/aromatic N) is 4. The molecular formula is C24H22N4O4S2. The molecule has 1 amide bonds. The average Bonchev–Trinajstić information content (AvgIpc) is 3.63. The first-order valence-corrected chi connectivity index (χ1v) is 12.6. The molecule has 0 radical (unpaired) electrons. The smallest absolute Gasteiger partial charge is 0.277 e. The number of benzene rings is 1. The number of carbonyl (C=O) groups excluding carboxylic acids is 1. The molecular weight excluding hydrogens is 472 g/mol. The molecule has 0 spiro atoms. The number of aromatic nitrogens is 2. The van der Waals surface area contributed by atoms with Gasteiger partial charge in [-0.3, -0.25) is 4.79 Å². The fourth-order valence-electron chi connectivity index (χ4n) is 3.58. The van der Waals surface area contributed by atoms with Crippen molar-refractivity contribution in [1.29, 1.82) is 0 Å². The lowest BCUT2D eigenvalue weighted by Crippen LogP contribution is -2.28. The number of rotatable bonds is 8. The van der Waals surface area contributed by atoms with Gasteiger partial charge in [0.2, 0.25) is 0 Å². The summed E-state index contributed by atoms with van der Waals surface area (Å²) in [4.78, 5) is 14.2. The molecule has 0 saturated carbocycles. The molecule has 1 unspecified atom stereocenters. The molecule has 0 N–H and O–H groups in total. The van der Waals surface area contributed by atoms with Gasteiger partial charge in [0.25, 0.3) is 17.0 Å². The van der Waals surface area contributed by atoms with Crippen molar-refractivity contribution >= 4 is 34.7 Å². The predicted octanol–water partition coefficient (Wildman–Crippen LogP) is 5.39. The van der Waals surface area contributed by atoms with Crippen LogP contribution in [0.4, 0.5) is 0 Å². The van der Waals surface area contributed by atoms with Gasteiger partial charge in [0.15, 0.2) is 6.61 Å². The van der Waals surface area contributed by atoms with Gasteiger partial charge in [0.1, 0.15) is 17.2 Å². The van der Waals surface area contributed by atoms with Crippen LogP contribution in [-0.4, -0.2) is 32.6 Å². The highest BCUT2D eigenvalue weighted by molar-refractivity contribution is 7.99. The van der Waals surface area contributed by atoms with Crippen molar-refractivity contribution in [1.82, 2.24) is 15.2 Å². The van der Waals surface area contributed by atoms with Crippen molar-refractivity contribution in [2.75, 3.05) is 5.75 Å². The number of hydrazone groups is 1. The lowest BCUT2D eigenvalue weighted by atomic mass is 10.1. The molecule has 1 atom stereocenters.